The van der Waals surface area contributed by atoms with Crippen LogP contribution < -0.4 is 5.32 Å². The largest absolute Gasteiger partial charge is 0.380 e. The SMILES string of the molecule is O=C(NC[C@@]12COC[C@@H]1CN(Cc1nccs1)C2)c1cccnc1. The number of likely N-dealkylation sites (tertiary alicyclic amines) is 1. The first-order valence-electron chi connectivity index (χ1n) is 8.12. The van der Waals surface area contributed by atoms with E-state index in [4.69, 9.17) is 4.74 Å². The Balaban J connectivity index is 1.40. The van der Waals surface area contributed by atoms with Gasteiger partial charge in [-0.05, 0) is 12.1 Å². The first-order valence-corrected chi connectivity index (χ1v) is 9.00. The Labute approximate surface area is 144 Å². The van der Waals surface area contributed by atoms with Gasteiger partial charge in [-0.25, -0.2) is 4.98 Å². The van der Waals surface area contributed by atoms with Crippen molar-refractivity contribution in [3.05, 3.63) is 46.7 Å². The number of ether oxygens (including phenoxy) is 1. The number of pyridine rings is 1. The molecule has 4 rings (SSSR count). The topological polar surface area (TPSA) is 67.3 Å². The minimum atomic E-state index is -0.0681. The molecule has 2 aromatic heterocycles. The number of hydrogen-bond acceptors (Lipinski definition) is 6. The van der Waals surface area contributed by atoms with Crippen molar-refractivity contribution < 1.29 is 9.53 Å². The summed E-state index contributed by atoms with van der Waals surface area (Å²) in [5, 5.41) is 6.24. The summed E-state index contributed by atoms with van der Waals surface area (Å²) < 4.78 is 5.73. The number of thiazole rings is 1. The fourth-order valence-corrected chi connectivity index (χ4v) is 4.35. The molecular weight excluding hydrogens is 324 g/mol. The van der Waals surface area contributed by atoms with E-state index in [-0.39, 0.29) is 11.3 Å². The molecule has 0 aromatic carbocycles. The molecule has 24 heavy (non-hydrogen) atoms. The van der Waals surface area contributed by atoms with Crippen LogP contribution in [0.15, 0.2) is 36.1 Å². The highest BCUT2D eigenvalue weighted by Gasteiger charge is 2.50. The van der Waals surface area contributed by atoms with E-state index >= 15 is 0 Å². The second-order valence-electron chi connectivity index (χ2n) is 6.59. The van der Waals surface area contributed by atoms with Crippen molar-refractivity contribution in [2.75, 3.05) is 32.8 Å². The average molecular weight is 344 g/mol. The van der Waals surface area contributed by atoms with Crippen LogP contribution >= 0.6 is 11.3 Å². The second kappa shape index (κ2) is 6.58. The van der Waals surface area contributed by atoms with Crippen LogP contribution in [-0.2, 0) is 11.3 Å². The van der Waals surface area contributed by atoms with Gasteiger partial charge in [-0.15, -0.1) is 11.3 Å². The molecule has 2 atom stereocenters. The van der Waals surface area contributed by atoms with Gasteiger partial charge in [0.05, 0.1) is 25.3 Å². The average Bonchev–Trinajstić information content (AvgIpc) is 3.30. The second-order valence-corrected chi connectivity index (χ2v) is 7.57. The summed E-state index contributed by atoms with van der Waals surface area (Å²) in [4.78, 5) is 23.1. The molecule has 6 nitrogen and oxygen atoms in total. The minimum absolute atomic E-state index is 0.00906. The third kappa shape index (κ3) is 3.07. The summed E-state index contributed by atoms with van der Waals surface area (Å²) in [5.74, 6) is 0.396. The van der Waals surface area contributed by atoms with Crippen LogP contribution in [0.3, 0.4) is 0 Å². The maximum atomic E-state index is 12.3. The maximum Gasteiger partial charge on any atom is 0.252 e. The molecule has 7 heteroatoms. The van der Waals surface area contributed by atoms with Gasteiger partial charge in [0.2, 0.25) is 0 Å². The molecule has 2 fully saturated rings. The zero-order chi connectivity index (χ0) is 16.4. The fourth-order valence-electron chi connectivity index (χ4n) is 3.69. The minimum Gasteiger partial charge on any atom is -0.380 e. The van der Waals surface area contributed by atoms with Crippen molar-refractivity contribution in [3.63, 3.8) is 0 Å². The molecule has 126 valence electrons. The van der Waals surface area contributed by atoms with E-state index < -0.39 is 0 Å². The summed E-state index contributed by atoms with van der Waals surface area (Å²) in [6, 6.07) is 3.56. The standard InChI is InChI=1S/C17H20N4O2S/c22-16(13-2-1-3-18-6-13)20-10-17-11-21(7-14(17)9-23-12-17)8-15-19-4-5-24-15/h1-6,14H,7-12H2,(H,20,22)/t14-,17+/m0/s1. The maximum absolute atomic E-state index is 12.3. The highest BCUT2D eigenvalue weighted by Crippen LogP contribution is 2.41. The molecule has 1 N–H and O–H groups in total. The molecule has 0 radical (unpaired) electrons. The molecular formula is C17H20N4O2S. The lowest BCUT2D eigenvalue weighted by Crippen LogP contribution is -2.43. The van der Waals surface area contributed by atoms with E-state index in [0.29, 0.717) is 24.6 Å². The van der Waals surface area contributed by atoms with E-state index in [0.717, 1.165) is 31.2 Å². The molecule has 0 saturated carbocycles. The Morgan fingerprint density at radius 2 is 2.46 bits per heavy atom. The van der Waals surface area contributed by atoms with Crippen LogP contribution in [0.25, 0.3) is 0 Å². The van der Waals surface area contributed by atoms with Gasteiger partial charge in [-0.2, -0.15) is 0 Å². The Bertz CT molecular complexity index is 694. The lowest BCUT2D eigenvalue weighted by Gasteiger charge is -2.27. The molecule has 2 aliphatic heterocycles. The van der Waals surface area contributed by atoms with Crippen LogP contribution in [-0.4, -0.2) is 53.6 Å². The third-order valence-electron chi connectivity index (χ3n) is 4.96. The van der Waals surface area contributed by atoms with Crippen LogP contribution in [0.2, 0.25) is 0 Å². The smallest absolute Gasteiger partial charge is 0.252 e. The summed E-state index contributed by atoms with van der Waals surface area (Å²) in [7, 11) is 0. The van der Waals surface area contributed by atoms with E-state index in [1.807, 2.05) is 11.6 Å². The summed E-state index contributed by atoms with van der Waals surface area (Å²) in [5.41, 5.74) is 0.608. The first kappa shape index (κ1) is 15.7. The Morgan fingerprint density at radius 1 is 1.50 bits per heavy atom. The lowest BCUT2D eigenvalue weighted by atomic mass is 9.81. The zero-order valence-corrected chi connectivity index (χ0v) is 14.2. The van der Waals surface area contributed by atoms with Crippen LogP contribution in [0.5, 0.6) is 0 Å². The van der Waals surface area contributed by atoms with Crippen LogP contribution in [0, 0.1) is 11.3 Å². The van der Waals surface area contributed by atoms with Gasteiger partial charge in [0, 0.05) is 54.9 Å². The van der Waals surface area contributed by atoms with Gasteiger partial charge >= 0.3 is 0 Å². The van der Waals surface area contributed by atoms with E-state index in [2.05, 4.69) is 20.2 Å². The Hall–Kier alpha value is -1.83. The van der Waals surface area contributed by atoms with Gasteiger partial charge in [-0.3, -0.25) is 14.7 Å². The van der Waals surface area contributed by atoms with Crippen molar-refractivity contribution in [2.24, 2.45) is 11.3 Å². The molecule has 1 amide bonds. The molecule has 0 spiro atoms. The van der Waals surface area contributed by atoms with Crippen molar-refractivity contribution in [1.29, 1.82) is 0 Å². The van der Waals surface area contributed by atoms with Crippen LogP contribution in [0.4, 0.5) is 0 Å². The van der Waals surface area contributed by atoms with Crippen LogP contribution in [0.1, 0.15) is 15.4 Å². The fraction of sp³-hybridized carbons (Fsp3) is 0.471. The van der Waals surface area contributed by atoms with Gasteiger partial charge < -0.3 is 10.1 Å². The van der Waals surface area contributed by atoms with E-state index in [1.165, 1.54) is 0 Å². The highest BCUT2D eigenvalue weighted by atomic mass is 32.1. The van der Waals surface area contributed by atoms with Gasteiger partial charge in [0.25, 0.3) is 5.91 Å². The zero-order valence-electron chi connectivity index (χ0n) is 13.4. The lowest BCUT2D eigenvalue weighted by molar-refractivity contribution is 0.0904. The predicted octanol–water partition coefficient (Wildman–Crippen LogP) is 1.42. The van der Waals surface area contributed by atoms with Gasteiger partial charge in [-0.1, -0.05) is 0 Å². The molecule has 0 unspecified atom stereocenters. The Morgan fingerprint density at radius 3 is 3.25 bits per heavy atom. The number of aromatic nitrogens is 2. The quantitative estimate of drug-likeness (QED) is 0.888. The highest BCUT2D eigenvalue weighted by molar-refractivity contribution is 7.09. The third-order valence-corrected chi connectivity index (χ3v) is 5.72. The molecule has 0 aliphatic carbocycles. The molecule has 4 heterocycles. The summed E-state index contributed by atoms with van der Waals surface area (Å²) >= 11 is 1.69. The number of rotatable bonds is 5. The molecule has 2 aromatic rings. The molecule has 2 aliphatic rings. The number of hydrogen-bond donors (Lipinski definition) is 1. The number of fused-ring (bicyclic) bond motifs is 1. The first-order chi connectivity index (χ1) is 11.8. The van der Waals surface area contributed by atoms with Crippen molar-refractivity contribution in [1.82, 2.24) is 20.2 Å². The molecule has 0 bridgehead atoms. The normalized spacial score (nSPS) is 26.4. The van der Waals surface area contributed by atoms with Crippen molar-refractivity contribution >= 4 is 17.2 Å². The summed E-state index contributed by atoms with van der Waals surface area (Å²) in [6.07, 6.45) is 5.12. The number of carbonyl (C=O) groups excluding carboxylic acids is 1. The summed E-state index contributed by atoms with van der Waals surface area (Å²) in [6.45, 7) is 4.94. The monoisotopic (exact) mass is 344 g/mol. The predicted molar refractivity (Wildman–Crippen MR) is 90.7 cm³/mol. The van der Waals surface area contributed by atoms with Gasteiger partial charge in [0.15, 0.2) is 0 Å². The number of nitrogens with zero attached hydrogens (tertiary/aromatic N) is 3. The number of carbonyl (C=O) groups is 1. The number of amides is 1. The van der Waals surface area contributed by atoms with E-state index in [9.17, 15) is 4.79 Å². The number of nitrogens with one attached hydrogen (secondary N) is 1. The Kier molecular flexibility index (Phi) is 4.30. The van der Waals surface area contributed by atoms with Gasteiger partial charge in [0.1, 0.15) is 5.01 Å². The van der Waals surface area contributed by atoms with E-state index in [1.54, 1.807) is 35.9 Å². The molecule has 2 saturated heterocycles. The van der Waals surface area contributed by atoms with Crippen molar-refractivity contribution in [2.45, 2.75) is 6.54 Å². The van der Waals surface area contributed by atoms with Crippen molar-refractivity contribution in [3.8, 4) is 0 Å².